The molecule has 1 aliphatic rings. The SMILES string of the molecule is Cc1nn2cnnc2c(N2CCC(c3cccc(O)c3)CC2)c1C. The van der Waals surface area contributed by atoms with Gasteiger partial charge in [-0.2, -0.15) is 9.61 Å². The standard InChI is InChI=1S/C18H21N5O/c1-12-13(2)21-23-11-19-20-18(23)17(12)22-8-6-14(7-9-22)15-4-3-5-16(24)10-15/h3-5,10-11,14,24H,6-9H2,1-2H3. The Balaban J connectivity index is 1.60. The van der Waals surface area contributed by atoms with Crippen LogP contribution in [0.4, 0.5) is 5.69 Å². The maximum atomic E-state index is 9.70. The summed E-state index contributed by atoms with van der Waals surface area (Å²) >= 11 is 0. The van der Waals surface area contributed by atoms with Crippen LogP contribution in [0.3, 0.4) is 0 Å². The molecule has 1 fully saturated rings. The number of hydrogen-bond donors (Lipinski definition) is 1. The molecule has 0 saturated carbocycles. The van der Waals surface area contributed by atoms with Crippen LogP contribution in [0.2, 0.25) is 0 Å². The molecule has 0 amide bonds. The number of rotatable bonds is 2. The van der Waals surface area contributed by atoms with E-state index < -0.39 is 0 Å². The van der Waals surface area contributed by atoms with E-state index in [9.17, 15) is 5.11 Å². The van der Waals surface area contributed by atoms with Crippen LogP contribution in [0.1, 0.15) is 35.6 Å². The van der Waals surface area contributed by atoms with Gasteiger partial charge < -0.3 is 10.0 Å². The number of aromatic hydroxyl groups is 1. The van der Waals surface area contributed by atoms with Crippen molar-refractivity contribution in [3.63, 3.8) is 0 Å². The smallest absolute Gasteiger partial charge is 0.201 e. The minimum atomic E-state index is 0.348. The lowest BCUT2D eigenvalue weighted by Gasteiger charge is -2.34. The zero-order valence-corrected chi connectivity index (χ0v) is 14.0. The van der Waals surface area contributed by atoms with Crippen molar-refractivity contribution >= 4 is 11.3 Å². The predicted octanol–water partition coefficient (Wildman–Crippen LogP) is 2.83. The number of anilines is 1. The van der Waals surface area contributed by atoms with E-state index in [1.54, 1.807) is 16.9 Å². The third kappa shape index (κ3) is 2.48. The molecule has 124 valence electrons. The lowest BCUT2D eigenvalue weighted by atomic mass is 9.89. The van der Waals surface area contributed by atoms with Crippen LogP contribution in [0.15, 0.2) is 30.6 Å². The van der Waals surface area contributed by atoms with Gasteiger partial charge in [-0.25, -0.2) is 0 Å². The molecule has 3 heterocycles. The monoisotopic (exact) mass is 323 g/mol. The summed E-state index contributed by atoms with van der Waals surface area (Å²) in [5.74, 6) is 0.839. The number of aryl methyl sites for hydroxylation is 1. The molecule has 6 heteroatoms. The maximum Gasteiger partial charge on any atom is 0.201 e. The first-order chi connectivity index (χ1) is 11.6. The van der Waals surface area contributed by atoms with Crippen LogP contribution in [-0.4, -0.2) is 38.0 Å². The van der Waals surface area contributed by atoms with Crippen LogP contribution in [0, 0.1) is 13.8 Å². The lowest BCUT2D eigenvalue weighted by molar-refractivity contribution is 0.468. The van der Waals surface area contributed by atoms with Crippen molar-refractivity contribution in [1.82, 2.24) is 19.8 Å². The molecular formula is C18H21N5O. The first-order valence-electron chi connectivity index (χ1n) is 8.34. The maximum absolute atomic E-state index is 9.70. The van der Waals surface area contributed by atoms with E-state index in [4.69, 9.17) is 0 Å². The van der Waals surface area contributed by atoms with Gasteiger partial charge in [-0.1, -0.05) is 12.1 Å². The number of phenols is 1. The highest BCUT2D eigenvalue weighted by Crippen LogP contribution is 2.34. The molecule has 1 aliphatic heterocycles. The van der Waals surface area contributed by atoms with Crippen LogP contribution in [0.5, 0.6) is 5.75 Å². The highest BCUT2D eigenvalue weighted by molar-refractivity contribution is 5.72. The average Bonchev–Trinajstić information content (AvgIpc) is 3.04. The highest BCUT2D eigenvalue weighted by Gasteiger charge is 2.25. The van der Waals surface area contributed by atoms with Gasteiger partial charge in [-0.15, -0.1) is 10.2 Å². The first-order valence-corrected chi connectivity index (χ1v) is 8.34. The third-order valence-corrected chi connectivity index (χ3v) is 5.05. The van der Waals surface area contributed by atoms with Crippen LogP contribution < -0.4 is 4.90 Å². The zero-order chi connectivity index (χ0) is 16.7. The number of nitrogens with zero attached hydrogens (tertiary/aromatic N) is 5. The zero-order valence-electron chi connectivity index (χ0n) is 14.0. The molecule has 6 nitrogen and oxygen atoms in total. The van der Waals surface area contributed by atoms with E-state index in [-0.39, 0.29) is 0 Å². The summed E-state index contributed by atoms with van der Waals surface area (Å²) in [5.41, 5.74) is 5.38. The van der Waals surface area contributed by atoms with Crippen LogP contribution in [-0.2, 0) is 0 Å². The fourth-order valence-corrected chi connectivity index (χ4v) is 3.63. The summed E-state index contributed by atoms with van der Waals surface area (Å²) in [7, 11) is 0. The topological polar surface area (TPSA) is 66.5 Å². The molecule has 1 N–H and O–H groups in total. The highest BCUT2D eigenvalue weighted by atomic mass is 16.3. The van der Waals surface area contributed by atoms with Gasteiger partial charge in [-0.05, 0) is 55.9 Å². The molecule has 1 saturated heterocycles. The molecule has 24 heavy (non-hydrogen) atoms. The number of phenolic OH excluding ortho intramolecular Hbond substituents is 1. The number of benzene rings is 1. The summed E-state index contributed by atoms with van der Waals surface area (Å²) in [5, 5.41) is 22.5. The second-order valence-corrected chi connectivity index (χ2v) is 6.51. The van der Waals surface area contributed by atoms with Gasteiger partial charge in [0.15, 0.2) is 0 Å². The molecular weight excluding hydrogens is 302 g/mol. The van der Waals surface area contributed by atoms with Crippen molar-refractivity contribution in [3.8, 4) is 5.75 Å². The second kappa shape index (κ2) is 5.78. The Hall–Kier alpha value is -2.63. The Kier molecular flexibility index (Phi) is 3.59. The summed E-state index contributed by atoms with van der Waals surface area (Å²) in [4.78, 5) is 2.40. The van der Waals surface area contributed by atoms with E-state index in [1.807, 2.05) is 19.1 Å². The van der Waals surface area contributed by atoms with Crippen molar-refractivity contribution in [3.05, 3.63) is 47.4 Å². The van der Waals surface area contributed by atoms with Crippen molar-refractivity contribution in [2.45, 2.75) is 32.6 Å². The quantitative estimate of drug-likeness (QED) is 0.785. The molecule has 4 rings (SSSR count). The number of piperidine rings is 1. The van der Waals surface area contributed by atoms with Gasteiger partial charge in [0.2, 0.25) is 5.65 Å². The molecule has 0 spiro atoms. The summed E-state index contributed by atoms with van der Waals surface area (Å²) in [6.07, 6.45) is 3.78. The fourth-order valence-electron chi connectivity index (χ4n) is 3.63. The van der Waals surface area contributed by atoms with E-state index in [1.165, 1.54) is 11.1 Å². The normalized spacial score (nSPS) is 16.0. The number of hydrogen-bond acceptors (Lipinski definition) is 5. The van der Waals surface area contributed by atoms with Gasteiger partial charge in [-0.3, -0.25) is 0 Å². The van der Waals surface area contributed by atoms with Crippen molar-refractivity contribution in [2.24, 2.45) is 0 Å². The average molecular weight is 323 g/mol. The summed E-state index contributed by atoms with van der Waals surface area (Å²) in [6.45, 7) is 6.06. The Morgan fingerprint density at radius 1 is 1.17 bits per heavy atom. The predicted molar refractivity (Wildman–Crippen MR) is 92.6 cm³/mol. The van der Waals surface area contributed by atoms with Crippen LogP contribution >= 0.6 is 0 Å². The lowest BCUT2D eigenvalue weighted by Crippen LogP contribution is -2.34. The Labute approximate surface area is 140 Å². The number of aromatic nitrogens is 4. The molecule has 0 aliphatic carbocycles. The summed E-state index contributed by atoms with van der Waals surface area (Å²) < 4.78 is 1.76. The molecule has 0 atom stereocenters. The Bertz CT molecular complexity index is 880. The van der Waals surface area contributed by atoms with Gasteiger partial charge in [0.25, 0.3) is 0 Å². The Morgan fingerprint density at radius 2 is 1.96 bits per heavy atom. The fraction of sp³-hybridized carbons (Fsp3) is 0.389. The van der Waals surface area contributed by atoms with Crippen molar-refractivity contribution in [2.75, 3.05) is 18.0 Å². The molecule has 0 bridgehead atoms. The van der Waals surface area contributed by atoms with E-state index in [0.29, 0.717) is 11.7 Å². The Morgan fingerprint density at radius 3 is 2.71 bits per heavy atom. The molecule has 2 aromatic heterocycles. The third-order valence-electron chi connectivity index (χ3n) is 5.05. The van der Waals surface area contributed by atoms with Crippen molar-refractivity contribution in [1.29, 1.82) is 0 Å². The summed E-state index contributed by atoms with van der Waals surface area (Å²) in [6, 6.07) is 7.65. The molecule has 0 unspecified atom stereocenters. The van der Waals surface area contributed by atoms with Gasteiger partial charge in [0.1, 0.15) is 12.1 Å². The minimum Gasteiger partial charge on any atom is -0.508 e. The van der Waals surface area contributed by atoms with Gasteiger partial charge in [0, 0.05) is 13.1 Å². The molecule has 1 aromatic carbocycles. The van der Waals surface area contributed by atoms with E-state index in [2.05, 4.69) is 33.2 Å². The largest absolute Gasteiger partial charge is 0.508 e. The minimum absolute atomic E-state index is 0.348. The molecule has 3 aromatic rings. The van der Waals surface area contributed by atoms with Crippen molar-refractivity contribution < 1.29 is 5.11 Å². The van der Waals surface area contributed by atoms with E-state index in [0.717, 1.165) is 43.0 Å². The van der Waals surface area contributed by atoms with Crippen LogP contribution in [0.25, 0.3) is 5.65 Å². The van der Waals surface area contributed by atoms with Gasteiger partial charge >= 0.3 is 0 Å². The molecule has 0 radical (unpaired) electrons. The van der Waals surface area contributed by atoms with Gasteiger partial charge in [0.05, 0.1) is 11.4 Å². The van der Waals surface area contributed by atoms with E-state index >= 15 is 0 Å². The second-order valence-electron chi connectivity index (χ2n) is 6.51. The first kappa shape index (κ1) is 14.9. The number of fused-ring (bicyclic) bond motifs is 1.